The van der Waals surface area contributed by atoms with Crippen LogP contribution in [0.2, 0.25) is 0 Å². The third-order valence-electron chi connectivity index (χ3n) is 8.35. The monoisotopic (exact) mass is 538 g/mol. The summed E-state index contributed by atoms with van der Waals surface area (Å²) in [7, 11) is 0. The van der Waals surface area contributed by atoms with Gasteiger partial charge in [0.05, 0.1) is 11.7 Å². The Balaban J connectivity index is 1.15. The number of fused-ring (bicyclic) bond motifs is 4. The Morgan fingerprint density at radius 2 is 1.76 bits per heavy atom. The minimum Gasteiger partial charge on any atom is -0.488 e. The molecule has 0 radical (unpaired) electrons. The molecule has 3 nitrogen and oxygen atoms in total. The average Bonchev–Trinajstić information content (AvgIpc) is 3.50. The molecular weight excluding hydrogens is 507 g/mol. The minimum absolute atomic E-state index is 0.253. The lowest BCUT2D eigenvalue weighted by Gasteiger charge is -2.37. The zero-order valence-corrected chi connectivity index (χ0v) is 22.9. The summed E-state index contributed by atoms with van der Waals surface area (Å²) >= 11 is 0. The van der Waals surface area contributed by atoms with E-state index in [2.05, 4.69) is 85.1 Å². The molecule has 0 amide bonds. The zero-order valence-electron chi connectivity index (χ0n) is 22.9. The number of anilines is 1. The Morgan fingerprint density at radius 1 is 0.927 bits per heavy atom. The van der Waals surface area contributed by atoms with Crippen LogP contribution in [0.25, 0.3) is 10.8 Å². The quantitative estimate of drug-likeness (QED) is 0.173. The van der Waals surface area contributed by atoms with Crippen LogP contribution in [0.4, 0.5) is 15.8 Å². The Kier molecular flexibility index (Phi) is 6.60. The first-order chi connectivity index (χ1) is 20.1. The lowest BCUT2D eigenvalue weighted by molar-refractivity contribution is 0.306. The molecule has 1 aliphatic carbocycles. The number of hydrogen-bond donors (Lipinski definition) is 1. The van der Waals surface area contributed by atoms with E-state index in [4.69, 9.17) is 9.73 Å². The summed E-state index contributed by atoms with van der Waals surface area (Å²) in [6.45, 7) is 2.51. The van der Waals surface area contributed by atoms with Crippen LogP contribution in [0, 0.1) is 18.7 Å². The highest BCUT2D eigenvalue weighted by Gasteiger charge is 2.37. The van der Waals surface area contributed by atoms with Gasteiger partial charge in [-0.25, -0.2) is 4.39 Å². The molecule has 0 bridgehead atoms. The van der Waals surface area contributed by atoms with Crippen LogP contribution in [0.3, 0.4) is 0 Å². The van der Waals surface area contributed by atoms with Gasteiger partial charge >= 0.3 is 0 Å². The van der Waals surface area contributed by atoms with Crippen molar-refractivity contribution in [3.63, 3.8) is 0 Å². The zero-order chi connectivity index (χ0) is 27.8. The van der Waals surface area contributed by atoms with E-state index in [-0.39, 0.29) is 11.9 Å². The molecule has 0 aromatic heterocycles. The molecule has 1 heterocycles. The number of halogens is 1. The van der Waals surface area contributed by atoms with Gasteiger partial charge in [-0.05, 0) is 83.1 Å². The molecule has 0 fully saturated rings. The van der Waals surface area contributed by atoms with Gasteiger partial charge < -0.3 is 10.1 Å². The second kappa shape index (κ2) is 10.7. The SMILES string of the molecule is Cc1ccc2c(c1)[C@@H]1C=CC[C@@H]1[C@H](c1ccc(N=Cc3c(OCc4ccc(F)cc4)ccc4ccccc34)cc1)N2. The van der Waals surface area contributed by atoms with Gasteiger partial charge in [-0.15, -0.1) is 0 Å². The van der Waals surface area contributed by atoms with E-state index in [0.717, 1.165) is 39.8 Å². The molecule has 2 aliphatic rings. The molecular formula is C37H31FN2O. The van der Waals surface area contributed by atoms with Gasteiger partial charge in [0, 0.05) is 23.4 Å². The summed E-state index contributed by atoms with van der Waals surface area (Å²) in [6.07, 6.45) is 7.69. The molecule has 0 unspecified atom stereocenters. The van der Waals surface area contributed by atoms with Crippen molar-refractivity contribution in [1.29, 1.82) is 0 Å². The number of rotatable bonds is 6. The number of allylic oxidation sites excluding steroid dienone is 2. The van der Waals surface area contributed by atoms with Crippen molar-refractivity contribution in [2.45, 2.75) is 31.9 Å². The van der Waals surface area contributed by atoms with Crippen molar-refractivity contribution in [3.05, 3.63) is 149 Å². The van der Waals surface area contributed by atoms with Crippen molar-refractivity contribution in [2.75, 3.05) is 5.32 Å². The highest BCUT2D eigenvalue weighted by Crippen LogP contribution is 2.50. The maximum absolute atomic E-state index is 13.3. The number of ether oxygens (including phenoxy) is 1. The summed E-state index contributed by atoms with van der Waals surface area (Å²) in [5.74, 6) is 1.45. The maximum Gasteiger partial charge on any atom is 0.129 e. The molecule has 7 rings (SSSR count). The van der Waals surface area contributed by atoms with Crippen molar-refractivity contribution in [2.24, 2.45) is 10.9 Å². The normalized spacial score (nSPS) is 19.2. The number of nitrogens with one attached hydrogen (secondary N) is 1. The third-order valence-corrected chi connectivity index (χ3v) is 8.35. The van der Waals surface area contributed by atoms with E-state index in [1.54, 1.807) is 12.1 Å². The van der Waals surface area contributed by atoms with Gasteiger partial charge in [0.25, 0.3) is 0 Å². The average molecular weight is 539 g/mol. The fourth-order valence-electron chi connectivity index (χ4n) is 6.23. The van der Waals surface area contributed by atoms with Crippen LogP contribution in [0.5, 0.6) is 5.75 Å². The number of hydrogen-bond acceptors (Lipinski definition) is 3. The van der Waals surface area contributed by atoms with Crippen LogP contribution < -0.4 is 10.1 Å². The van der Waals surface area contributed by atoms with Gasteiger partial charge in [0.15, 0.2) is 0 Å². The fourth-order valence-corrected chi connectivity index (χ4v) is 6.23. The molecule has 1 N–H and O–H groups in total. The molecule has 41 heavy (non-hydrogen) atoms. The predicted molar refractivity (Wildman–Crippen MR) is 166 cm³/mol. The standard InChI is InChI=1S/C37H31FN2O/c1-24-9-19-35-33(21-24)31-7-4-8-32(31)37(40-35)27-12-17-29(18-13-27)39-22-34-30-6-3-2-5-26(30)14-20-36(34)41-23-25-10-15-28(38)16-11-25/h2-7,9-22,31-32,37,40H,8,23H2,1H3/t31-,32+,37+/m1/s1. The van der Waals surface area contributed by atoms with Gasteiger partial charge in [0.2, 0.25) is 0 Å². The van der Waals surface area contributed by atoms with Crippen molar-refractivity contribution in [1.82, 2.24) is 0 Å². The van der Waals surface area contributed by atoms with Crippen LogP contribution in [-0.2, 0) is 6.61 Å². The van der Waals surface area contributed by atoms with Gasteiger partial charge in [0.1, 0.15) is 18.2 Å². The Hall–Kier alpha value is -4.70. The van der Waals surface area contributed by atoms with Crippen LogP contribution in [-0.4, -0.2) is 6.21 Å². The molecule has 0 saturated heterocycles. The van der Waals surface area contributed by atoms with Crippen molar-refractivity contribution < 1.29 is 9.13 Å². The van der Waals surface area contributed by atoms with Gasteiger partial charge in [-0.1, -0.05) is 84.4 Å². The number of nitrogens with zero attached hydrogens (tertiary/aromatic N) is 1. The molecule has 0 spiro atoms. The van der Waals surface area contributed by atoms with Gasteiger partial charge in [-0.3, -0.25) is 4.99 Å². The molecule has 1 aliphatic heterocycles. The molecule has 5 aromatic carbocycles. The van der Waals surface area contributed by atoms with Crippen LogP contribution >= 0.6 is 0 Å². The number of benzene rings is 5. The third kappa shape index (κ3) is 5.02. The number of aliphatic imine (C=N–C) groups is 1. The molecule has 3 atom stereocenters. The largest absolute Gasteiger partial charge is 0.488 e. The van der Waals surface area contributed by atoms with E-state index in [0.29, 0.717) is 18.4 Å². The first-order valence-corrected chi connectivity index (χ1v) is 14.2. The lowest BCUT2D eigenvalue weighted by atomic mass is 9.76. The van der Waals surface area contributed by atoms with Crippen LogP contribution in [0.15, 0.2) is 120 Å². The second-order valence-electron chi connectivity index (χ2n) is 11.0. The second-order valence-corrected chi connectivity index (χ2v) is 11.0. The molecule has 4 heteroatoms. The highest BCUT2D eigenvalue weighted by atomic mass is 19.1. The topological polar surface area (TPSA) is 33.6 Å². The van der Waals surface area contributed by atoms with E-state index in [1.165, 1.54) is 34.5 Å². The molecule has 0 saturated carbocycles. The van der Waals surface area contributed by atoms with E-state index >= 15 is 0 Å². The first-order valence-electron chi connectivity index (χ1n) is 14.2. The fraction of sp³-hybridized carbons (Fsp3) is 0.162. The van der Waals surface area contributed by atoms with Crippen LogP contribution in [0.1, 0.15) is 46.2 Å². The lowest BCUT2D eigenvalue weighted by Crippen LogP contribution is -2.29. The Morgan fingerprint density at radius 3 is 2.61 bits per heavy atom. The first kappa shape index (κ1) is 25.3. The summed E-state index contributed by atoms with van der Waals surface area (Å²) in [6, 6.07) is 34.3. The Labute approximate surface area is 240 Å². The Bertz CT molecular complexity index is 1770. The van der Waals surface area contributed by atoms with Crippen molar-refractivity contribution >= 4 is 28.4 Å². The van der Waals surface area contributed by atoms with Crippen molar-refractivity contribution in [3.8, 4) is 5.75 Å². The highest BCUT2D eigenvalue weighted by molar-refractivity contribution is 6.03. The maximum atomic E-state index is 13.3. The van der Waals surface area contributed by atoms with Gasteiger partial charge in [-0.2, -0.15) is 0 Å². The van der Waals surface area contributed by atoms with E-state index in [9.17, 15) is 4.39 Å². The summed E-state index contributed by atoms with van der Waals surface area (Å²) in [5.41, 5.74) is 7.96. The smallest absolute Gasteiger partial charge is 0.129 e. The molecule has 202 valence electrons. The van der Waals surface area contributed by atoms with E-state index < -0.39 is 0 Å². The summed E-state index contributed by atoms with van der Waals surface area (Å²) < 4.78 is 19.6. The predicted octanol–water partition coefficient (Wildman–Crippen LogP) is 9.44. The summed E-state index contributed by atoms with van der Waals surface area (Å²) in [5, 5.41) is 6.03. The minimum atomic E-state index is -0.253. The number of aryl methyl sites for hydroxylation is 1. The molecule has 5 aromatic rings. The van der Waals surface area contributed by atoms with E-state index in [1.807, 2.05) is 24.4 Å². The summed E-state index contributed by atoms with van der Waals surface area (Å²) in [4.78, 5) is 4.86.